The van der Waals surface area contributed by atoms with E-state index in [9.17, 15) is 0 Å². The smallest absolute Gasteiger partial charge is 0.165 e. The highest BCUT2D eigenvalue weighted by Gasteiger charge is 2.52. The van der Waals surface area contributed by atoms with Gasteiger partial charge in [-0.1, -0.05) is 11.6 Å². The maximum Gasteiger partial charge on any atom is 0.165 e. The van der Waals surface area contributed by atoms with Crippen LogP contribution in [0.5, 0.6) is 0 Å². The van der Waals surface area contributed by atoms with Crippen LogP contribution >= 0.6 is 51.1 Å². The molecular weight excluding hydrogens is 354 g/mol. The highest BCUT2D eigenvalue weighted by atomic mass is 79.9. The second-order valence-electron chi connectivity index (χ2n) is 4.70. The third-order valence-corrected chi connectivity index (χ3v) is 8.83. The molecule has 2 saturated heterocycles. The van der Waals surface area contributed by atoms with Crippen LogP contribution in [0, 0.1) is 0 Å². The highest BCUT2D eigenvalue weighted by Crippen LogP contribution is 2.59. The van der Waals surface area contributed by atoms with Crippen molar-refractivity contribution >= 4 is 51.1 Å². The lowest BCUT2D eigenvalue weighted by Gasteiger charge is -2.35. The molecule has 1 aromatic heterocycles. The van der Waals surface area contributed by atoms with Crippen molar-refractivity contribution in [3.8, 4) is 0 Å². The van der Waals surface area contributed by atoms with E-state index in [2.05, 4.69) is 56.5 Å². The number of likely N-dealkylation sites (N-methyl/N-ethyl adjacent to an activating group) is 1. The van der Waals surface area contributed by atoms with Crippen LogP contribution in [0.1, 0.15) is 18.0 Å². The van der Waals surface area contributed by atoms with E-state index >= 15 is 0 Å². The maximum absolute atomic E-state index is 6.14. The standard InChI is InChI=1S/C11H15BrClN3S2/c1-15-4-3-7(11(15)17-5-6-18-11)9-8(12)10(13)14-16(9)2/h7H,3-6H2,1-2H3. The first-order chi connectivity index (χ1) is 8.56. The summed E-state index contributed by atoms with van der Waals surface area (Å²) in [5, 5.41) is 4.91. The molecule has 0 saturated carbocycles. The van der Waals surface area contributed by atoms with Crippen LogP contribution in [0.15, 0.2) is 4.47 Å². The van der Waals surface area contributed by atoms with Gasteiger partial charge in [0.05, 0.1) is 10.2 Å². The SMILES string of the molecule is CN1CCC(c2c(Br)c(Cl)nn2C)C12SCCS2. The Morgan fingerprint density at radius 1 is 1.39 bits per heavy atom. The molecule has 3 rings (SSSR count). The number of hydrogen-bond acceptors (Lipinski definition) is 4. The van der Waals surface area contributed by atoms with Gasteiger partial charge in [-0.2, -0.15) is 5.10 Å². The number of rotatable bonds is 1. The Labute approximate surface area is 129 Å². The number of thioether (sulfide) groups is 2. The highest BCUT2D eigenvalue weighted by molar-refractivity contribution is 9.10. The van der Waals surface area contributed by atoms with E-state index in [1.54, 1.807) is 0 Å². The van der Waals surface area contributed by atoms with E-state index in [0.717, 1.165) is 11.0 Å². The van der Waals surface area contributed by atoms with Gasteiger partial charge in [-0.15, -0.1) is 23.5 Å². The van der Waals surface area contributed by atoms with E-state index in [4.69, 9.17) is 11.6 Å². The summed E-state index contributed by atoms with van der Waals surface area (Å²) >= 11 is 13.9. The fourth-order valence-corrected chi connectivity index (χ4v) is 7.32. The first kappa shape index (κ1) is 13.6. The second-order valence-corrected chi connectivity index (χ2v) is 8.75. The molecule has 3 heterocycles. The summed E-state index contributed by atoms with van der Waals surface area (Å²) in [6.45, 7) is 1.14. The molecule has 2 fully saturated rings. The summed E-state index contributed by atoms with van der Waals surface area (Å²) in [5.41, 5.74) is 1.24. The van der Waals surface area contributed by atoms with Gasteiger partial charge in [-0.05, 0) is 29.4 Å². The number of halogens is 2. The minimum absolute atomic E-state index is 0.180. The van der Waals surface area contributed by atoms with Crippen LogP contribution in [0.4, 0.5) is 0 Å². The van der Waals surface area contributed by atoms with Gasteiger partial charge in [-0.25, -0.2) is 0 Å². The van der Waals surface area contributed by atoms with Gasteiger partial charge in [0.15, 0.2) is 5.15 Å². The molecule has 0 aliphatic carbocycles. The third-order valence-electron chi connectivity index (χ3n) is 3.75. The minimum atomic E-state index is 0.180. The van der Waals surface area contributed by atoms with Crippen LogP contribution in [0.3, 0.4) is 0 Å². The number of aromatic nitrogens is 2. The van der Waals surface area contributed by atoms with Crippen molar-refractivity contribution in [3.05, 3.63) is 15.3 Å². The van der Waals surface area contributed by atoms with Crippen LogP contribution in [0.2, 0.25) is 5.15 Å². The van der Waals surface area contributed by atoms with Gasteiger partial charge in [0.25, 0.3) is 0 Å². The van der Waals surface area contributed by atoms with E-state index in [0.29, 0.717) is 11.1 Å². The Bertz CT molecular complexity index is 473. The molecule has 1 atom stereocenters. The van der Waals surface area contributed by atoms with Gasteiger partial charge < -0.3 is 0 Å². The monoisotopic (exact) mass is 367 g/mol. The van der Waals surface area contributed by atoms with Gasteiger partial charge in [-0.3, -0.25) is 9.58 Å². The zero-order chi connectivity index (χ0) is 12.9. The molecule has 18 heavy (non-hydrogen) atoms. The van der Waals surface area contributed by atoms with Crippen molar-refractivity contribution in [2.75, 3.05) is 25.1 Å². The zero-order valence-corrected chi connectivity index (χ0v) is 14.3. The quantitative estimate of drug-likeness (QED) is 0.757. The Hall–Kier alpha value is 0.640. The fraction of sp³-hybridized carbons (Fsp3) is 0.727. The van der Waals surface area contributed by atoms with E-state index in [1.165, 1.54) is 23.6 Å². The van der Waals surface area contributed by atoms with Crippen LogP contribution in [-0.2, 0) is 7.05 Å². The molecule has 1 spiro atoms. The van der Waals surface area contributed by atoms with Crippen LogP contribution < -0.4 is 0 Å². The molecule has 0 amide bonds. The lowest BCUT2D eigenvalue weighted by molar-refractivity contribution is 0.352. The Balaban J connectivity index is 2.05. The van der Waals surface area contributed by atoms with E-state index in [1.807, 2.05) is 11.7 Å². The van der Waals surface area contributed by atoms with Gasteiger partial charge in [0.1, 0.15) is 4.20 Å². The maximum atomic E-state index is 6.14. The number of hydrogen-bond donors (Lipinski definition) is 0. The lowest BCUT2D eigenvalue weighted by atomic mass is 10.0. The predicted molar refractivity (Wildman–Crippen MR) is 83.6 cm³/mol. The topological polar surface area (TPSA) is 21.1 Å². The third kappa shape index (κ3) is 1.87. The molecular formula is C11H15BrClN3S2. The minimum Gasteiger partial charge on any atom is -0.283 e. The molecule has 1 unspecified atom stereocenters. The van der Waals surface area contributed by atoms with Gasteiger partial charge in [0, 0.05) is 31.0 Å². The van der Waals surface area contributed by atoms with Crippen molar-refractivity contribution in [1.82, 2.24) is 14.7 Å². The van der Waals surface area contributed by atoms with Crippen molar-refractivity contribution in [2.24, 2.45) is 7.05 Å². The zero-order valence-electron chi connectivity index (χ0n) is 10.3. The average Bonchev–Trinajstić information content (AvgIpc) is 2.98. The molecule has 1 aromatic rings. The van der Waals surface area contributed by atoms with Crippen molar-refractivity contribution < 1.29 is 0 Å². The molecule has 0 radical (unpaired) electrons. The summed E-state index contributed by atoms with van der Waals surface area (Å²) in [4.78, 5) is 2.49. The van der Waals surface area contributed by atoms with Crippen molar-refractivity contribution in [1.29, 1.82) is 0 Å². The molecule has 100 valence electrons. The van der Waals surface area contributed by atoms with Crippen molar-refractivity contribution in [2.45, 2.75) is 16.5 Å². The molecule has 2 aliphatic rings. The average molecular weight is 369 g/mol. The van der Waals surface area contributed by atoms with Crippen molar-refractivity contribution in [3.63, 3.8) is 0 Å². The molecule has 0 aromatic carbocycles. The number of likely N-dealkylation sites (tertiary alicyclic amines) is 1. The van der Waals surface area contributed by atoms with Crippen LogP contribution in [-0.4, -0.2) is 44.0 Å². The first-order valence-electron chi connectivity index (χ1n) is 5.93. The van der Waals surface area contributed by atoms with E-state index < -0.39 is 0 Å². The number of nitrogens with zero attached hydrogens (tertiary/aromatic N) is 3. The summed E-state index contributed by atoms with van der Waals surface area (Å²) in [7, 11) is 4.22. The summed E-state index contributed by atoms with van der Waals surface area (Å²) < 4.78 is 3.09. The lowest BCUT2D eigenvalue weighted by Crippen LogP contribution is -2.37. The molecule has 0 N–H and O–H groups in total. The summed E-state index contributed by atoms with van der Waals surface area (Å²) in [6.07, 6.45) is 1.17. The largest absolute Gasteiger partial charge is 0.283 e. The fourth-order valence-electron chi connectivity index (χ4n) is 2.93. The second kappa shape index (κ2) is 4.88. The van der Waals surface area contributed by atoms with Crippen LogP contribution in [0.25, 0.3) is 0 Å². The summed E-state index contributed by atoms with van der Waals surface area (Å²) in [6, 6.07) is 0. The summed E-state index contributed by atoms with van der Waals surface area (Å²) in [5.74, 6) is 2.95. The molecule has 3 nitrogen and oxygen atoms in total. The van der Waals surface area contributed by atoms with Gasteiger partial charge in [0.2, 0.25) is 0 Å². The Kier molecular flexibility index (Phi) is 3.69. The normalized spacial score (nSPS) is 27.4. The van der Waals surface area contributed by atoms with Gasteiger partial charge >= 0.3 is 0 Å². The Morgan fingerprint density at radius 2 is 2.06 bits per heavy atom. The predicted octanol–water partition coefficient (Wildman–Crippen LogP) is 3.39. The molecule has 7 heteroatoms. The molecule has 0 bridgehead atoms. The first-order valence-corrected chi connectivity index (χ1v) is 9.07. The Morgan fingerprint density at radius 3 is 2.61 bits per heavy atom. The number of aryl methyl sites for hydroxylation is 1. The molecule has 2 aliphatic heterocycles. The van der Waals surface area contributed by atoms with E-state index in [-0.39, 0.29) is 4.20 Å².